The van der Waals surface area contributed by atoms with Gasteiger partial charge < -0.3 is 14.7 Å². The molecule has 1 heterocycles. The van der Waals surface area contributed by atoms with Crippen molar-refractivity contribution in [2.75, 3.05) is 79.8 Å². The Morgan fingerprint density at radius 2 is 0.973 bits per heavy atom. The van der Waals surface area contributed by atoms with Crippen LogP contribution in [-0.2, 0) is 23.6 Å². The van der Waals surface area contributed by atoms with Crippen molar-refractivity contribution in [2.24, 2.45) is 0 Å². The molecular formula is C21H38Cl2CuN4O8S. The van der Waals surface area contributed by atoms with E-state index in [-0.39, 0.29) is 17.1 Å². The quantitative estimate of drug-likeness (QED) is 0.223. The second-order valence-electron chi connectivity index (χ2n) is 8.50. The maximum absolute atomic E-state index is 8.49. The molecule has 0 spiro atoms. The van der Waals surface area contributed by atoms with E-state index in [4.69, 9.17) is 37.3 Å². The van der Waals surface area contributed by atoms with Gasteiger partial charge in [0.15, 0.2) is 0 Å². The number of likely N-dealkylation sites (N-methyl/N-ethyl adjacent to an activating group) is 3. The van der Waals surface area contributed by atoms with Crippen molar-refractivity contribution in [3.8, 4) is 0 Å². The summed E-state index contributed by atoms with van der Waals surface area (Å²) in [4.78, 5) is 11.4. The summed E-state index contributed by atoms with van der Waals surface area (Å²) in [5, 5.41) is 0. The van der Waals surface area contributed by atoms with Crippen LogP contribution >= 0.6 is 11.8 Å². The fourth-order valence-corrected chi connectivity index (χ4v) is 3.83. The largest absolute Gasteiger partial charge is 2.00 e. The summed E-state index contributed by atoms with van der Waals surface area (Å²) in [7, 11) is -3.10. The standard InChI is InChI=1S/C21H38N4S.2ClHO4.Cu/c1-22-11-5-12-24(3)17-18-25(14-6-13-23(2)16-15-22)19-20-7-9-21(26-4)10-8-20;2*2-1(3,4)5;/h7-10H,5-6,11-19H2,1-4H3;2*(H,2,3,4,5);/q;;;+2/p-2. The second-order valence-corrected chi connectivity index (χ2v) is 10.9. The van der Waals surface area contributed by atoms with Gasteiger partial charge in [0.2, 0.25) is 0 Å². The smallest absolute Gasteiger partial charge is 0.305 e. The summed E-state index contributed by atoms with van der Waals surface area (Å²) in [5.41, 5.74) is 1.43. The van der Waals surface area contributed by atoms with Crippen LogP contribution in [0.15, 0.2) is 29.2 Å². The van der Waals surface area contributed by atoms with Crippen LogP contribution in [0.4, 0.5) is 0 Å². The topological polar surface area (TPSA) is 197 Å². The first-order valence-electron chi connectivity index (χ1n) is 11.2. The van der Waals surface area contributed by atoms with Crippen LogP contribution in [0.25, 0.3) is 0 Å². The Bertz CT molecular complexity index is 666. The Hall–Kier alpha value is 0.189. The third-order valence-corrected chi connectivity index (χ3v) is 6.06. The molecule has 0 bridgehead atoms. The van der Waals surface area contributed by atoms with Gasteiger partial charge in [0, 0.05) is 37.6 Å². The molecule has 0 amide bonds. The summed E-state index contributed by atoms with van der Waals surface area (Å²) in [5.74, 6) is 0. The molecule has 0 aliphatic carbocycles. The molecule has 0 saturated carbocycles. The van der Waals surface area contributed by atoms with Crippen molar-refractivity contribution in [3.63, 3.8) is 0 Å². The van der Waals surface area contributed by atoms with E-state index >= 15 is 0 Å². The van der Waals surface area contributed by atoms with Gasteiger partial charge in [0.1, 0.15) is 0 Å². The first kappa shape index (κ1) is 39.3. The van der Waals surface area contributed by atoms with Gasteiger partial charge >= 0.3 is 17.1 Å². The summed E-state index contributed by atoms with van der Waals surface area (Å²) in [6.45, 7) is 10.5. The summed E-state index contributed by atoms with van der Waals surface area (Å²) in [6, 6.07) is 9.09. The zero-order valence-corrected chi connectivity index (χ0v) is 24.9. The molecule has 1 aliphatic rings. The molecule has 1 aliphatic heterocycles. The molecule has 1 radical (unpaired) electrons. The molecule has 1 saturated heterocycles. The first-order valence-corrected chi connectivity index (χ1v) is 14.9. The van der Waals surface area contributed by atoms with Crippen molar-refractivity contribution < 1.29 is 74.8 Å². The molecule has 0 atom stereocenters. The van der Waals surface area contributed by atoms with Crippen molar-refractivity contribution >= 4 is 11.8 Å². The van der Waals surface area contributed by atoms with E-state index in [1.807, 2.05) is 11.8 Å². The van der Waals surface area contributed by atoms with Crippen molar-refractivity contribution in [3.05, 3.63) is 29.8 Å². The van der Waals surface area contributed by atoms with Gasteiger partial charge in [0.25, 0.3) is 0 Å². The molecule has 0 N–H and O–H groups in total. The average Bonchev–Trinajstić information content (AvgIpc) is 2.73. The van der Waals surface area contributed by atoms with E-state index < -0.39 is 20.5 Å². The fraction of sp³-hybridized carbons (Fsp3) is 0.714. The molecule has 12 nitrogen and oxygen atoms in total. The molecule has 221 valence electrons. The number of rotatable bonds is 3. The van der Waals surface area contributed by atoms with Gasteiger partial charge in [-0.15, -0.1) is 32.2 Å². The zero-order valence-electron chi connectivity index (χ0n) is 21.6. The zero-order chi connectivity index (χ0) is 27.8. The minimum absolute atomic E-state index is 0. The molecule has 2 rings (SSSR count). The maximum Gasteiger partial charge on any atom is 2.00 e. The number of halogens is 2. The molecule has 0 unspecified atom stereocenters. The van der Waals surface area contributed by atoms with Crippen LogP contribution in [0.2, 0.25) is 0 Å². The molecule has 16 heteroatoms. The Morgan fingerprint density at radius 3 is 1.35 bits per heavy atom. The van der Waals surface area contributed by atoms with Crippen LogP contribution in [0, 0.1) is 20.5 Å². The van der Waals surface area contributed by atoms with E-state index in [2.05, 4.69) is 71.3 Å². The van der Waals surface area contributed by atoms with Crippen LogP contribution in [0.3, 0.4) is 0 Å². The molecule has 1 fully saturated rings. The molecule has 1 aromatic rings. The van der Waals surface area contributed by atoms with Gasteiger partial charge in [-0.3, -0.25) is 4.90 Å². The van der Waals surface area contributed by atoms with Gasteiger partial charge in [-0.2, -0.15) is 0 Å². The number of thioether (sulfide) groups is 1. The minimum Gasteiger partial charge on any atom is -0.305 e. The van der Waals surface area contributed by atoms with Gasteiger partial charge in [0.05, 0.1) is 0 Å². The van der Waals surface area contributed by atoms with Crippen molar-refractivity contribution in [2.45, 2.75) is 24.3 Å². The summed E-state index contributed by atoms with van der Waals surface area (Å²) in [6.07, 6.45) is 4.64. The minimum atomic E-state index is -4.94. The van der Waals surface area contributed by atoms with E-state index in [1.54, 1.807) is 0 Å². The summed E-state index contributed by atoms with van der Waals surface area (Å²) < 4.78 is 67.9. The van der Waals surface area contributed by atoms with Crippen LogP contribution in [0.5, 0.6) is 0 Å². The van der Waals surface area contributed by atoms with E-state index in [0.717, 1.165) is 19.6 Å². The van der Waals surface area contributed by atoms with Gasteiger partial charge in [-0.05, 0) is 84.1 Å². The first-order chi connectivity index (χ1) is 16.6. The third-order valence-electron chi connectivity index (χ3n) is 5.32. The molecule has 1 aromatic carbocycles. The number of nitrogens with zero attached hydrogens (tertiary/aromatic N) is 4. The Labute approximate surface area is 239 Å². The third kappa shape index (κ3) is 29.0. The molecular weight excluding hydrogens is 603 g/mol. The van der Waals surface area contributed by atoms with E-state index in [0.29, 0.717) is 0 Å². The molecule has 37 heavy (non-hydrogen) atoms. The Morgan fingerprint density at radius 1 is 0.622 bits per heavy atom. The van der Waals surface area contributed by atoms with Gasteiger partial charge in [-0.1, -0.05) is 12.1 Å². The Balaban J connectivity index is 0. The SMILES string of the molecule is CSc1ccc(CN2CCCN(C)CCN(C)CCCN(C)CC2)cc1.[Cu+2].[O-][Cl+3]([O-])([O-])[O-].[O-][Cl+3]([O-])([O-])[O-]. The van der Waals surface area contributed by atoms with Gasteiger partial charge in [-0.25, -0.2) is 37.3 Å². The normalized spacial score (nSPS) is 18.4. The average molecular weight is 641 g/mol. The van der Waals surface area contributed by atoms with Crippen molar-refractivity contribution in [1.29, 1.82) is 0 Å². The summed E-state index contributed by atoms with van der Waals surface area (Å²) >= 11 is 1.81. The van der Waals surface area contributed by atoms with Crippen LogP contribution in [0.1, 0.15) is 18.4 Å². The number of hydrogen-bond acceptors (Lipinski definition) is 13. The van der Waals surface area contributed by atoms with E-state index in [9.17, 15) is 0 Å². The second kappa shape index (κ2) is 21.0. The van der Waals surface area contributed by atoms with E-state index in [1.165, 1.54) is 62.6 Å². The predicted molar refractivity (Wildman–Crippen MR) is 115 cm³/mol. The predicted octanol–water partition coefficient (Wildman–Crippen LogP) is -6.71. The number of hydrogen-bond donors (Lipinski definition) is 0. The van der Waals surface area contributed by atoms with Crippen LogP contribution in [-0.4, -0.2) is 99.4 Å². The Kier molecular flexibility index (Phi) is 22.3. The maximum atomic E-state index is 8.49. The molecule has 0 aromatic heterocycles. The monoisotopic (exact) mass is 639 g/mol. The number of benzene rings is 1. The fourth-order valence-electron chi connectivity index (χ4n) is 3.42. The van der Waals surface area contributed by atoms with Crippen molar-refractivity contribution in [1.82, 2.24) is 19.6 Å². The van der Waals surface area contributed by atoms with Crippen LogP contribution < -0.4 is 37.3 Å².